The number of benzene rings is 1. The SMILES string of the molecule is CN=C(N=N)C(F)(F)F.Cc1ccc(CBr)cc1. The van der Waals surface area contributed by atoms with Crippen molar-refractivity contribution in [1.82, 2.24) is 0 Å². The molecular weight excluding hydrogens is 311 g/mol. The molecular formula is C11H13BrF3N3. The Morgan fingerprint density at radius 3 is 2.00 bits per heavy atom. The van der Waals surface area contributed by atoms with Crippen LogP contribution in [0.25, 0.3) is 0 Å². The fraction of sp³-hybridized carbons (Fsp3) is 0.364. The molecule has 0 radical (unpaired) electrons. The third-order valence-corrected chi connectivity index (χ3v) is 2.49. The zero-order chi connectivity index (χ0) is 14.2. The average molecular weight is 324 g/mol. The van der Waals surface area contributed by atoms with Gasteiger partial charge in [-0.15, -0.1) is 5.11 Å². The third-order valence-electron chi connectivity index (χ3n) is 1.85. The third kappa shape index (κ3) is 6.48. The monoisotopic (exact) mass is 323 g/mol. The number of rotatable bonds is 1. The van der Waals surface area contributed by atoms with E-state index in [9.17, 15) is 13.2 Å². The number of nitrogens with one attached hydrogen (secondary N) is 1. The van der Waals surface area contributed by atoms with E-state index in [-0.39, 0.29) is 0 Å². The number of aliphatic imine (C=N–C) groups is 1. The lowest BCUT2D eigenvalue weighted by Gasteiger charge is -2.00. The van der Waals surface area contributed by atoms with Crippen LogP contribution in [0.1, 0.15) is 11.1 Å². The molecule has 0 spiro atoms. The summed E-state index contributed by atoms with van der Waals surface area (Å²) >= 11 is 3.38. The van der Waals surface area contributed by atoms with E-state index in [4.69, 9.17) is 5.53 Å². The largest absolute Gasteiger partial charge is 0.453 e. The highest BCUT2D eigenvalue weighted by atomic mass is 79.9. The van der Waals surface area contributed by atoms with Crippen molar-refractivity contribution in [2.45, 2.75) is 18.4 Å². The van der Waals surface area contributed by atoms with E-state index in [1.807, 2.05) is 0 Å². The Morgan fingerprint density at radius 2 is 1.78 bits per heavy atom. The number of nitrogens with zero attached hydrogens (tertiary/aromatic N) is 2. The van der Waals surface area contributed by atoms with E-state index in [1.165, 1.54) is 11.1 Å². The Balaban J connectivity index is 0.000000321. The number of halogens is 4. The summed E-state index contributed by atoms with van der Waals surface area (Å²) in [6.07, 6.45) is -4.59. The van der Waals surface area contributed by atoms with E-state index in [1.54, 1.807) is 0 Å². The molecule has 0 heterocycles. The molecule has 0 aliphatic carbocycles. The highest BCUT2D eigenvalue weighted by molar-refractivity contribution is 9.08. The van der Waals surface area contributed by atoms with Gasteiger partial charge in [0.2, 0.25) is 0 Å². The van der Waals surface area contributed by atoms with Gasteiger partial charge in [0.15, 0.2) is 0 Å². The summed E-state index contributed by atoms with van der Waals surface area (Å²) in [6, 6.07) is 8.50. The van der Waals surface area contributed by atoms with E-state index < -0.39 is 12.0 Å². The van der Waals surface area contributed by atoms with Crippen molar-refractivity contribution in [3.05, 3.63) is 35.4 Å². The van der Waals surface area contributed by atoms with Crippen molar-refractivity contribution >= 4 is 21.8 Å². The summed E-state index contributed by atoms with van der Waals surface area (Å²) in [7, 11) is 0.931. The smallest absolute Gasteiger partial charge is 0.264 e. The van der Waals surface area contributed by atoms with Crippen LogP contribution in [0, 0.1) is 12.5 Å². The van der Waals surface area contributed by atoms with Crippen LogP contribution in [-0.2, 0) is 5.33 Å². The van der Waals surface area contributed by atoms with Gasteiger partial charge in [-0.3, -0.25) is 4.99 Å². The first-order chi connectivity index (χ1) is 8.35. The number of alkyl halides is 4. The van der Waals surface area contributed by atoms with Gasteiger partial charge < -0.3 is 0 Å². The highest BCUT2D eigenvalue weighted by Gasteiger charge is 2.35. The van der Waals surface area contributed by atoms with Crippen molar-refractivity contribution in [2.75, 3.05) is 7.05 Å². The molecule has 1 N–H and O–H groups in total. The zero-order valence-corrected chi connectivity index (χ0v) is 11.5. The van der Waals surface area contributed by atoms with Crippen LogP contribution in [0.4, 0.5) is 13.2 Å². The van der Waals surface area contributed by atoms with Crippen LogP contribution >= 0.6 is 15.9 Å². The first-order valence-corrected chi connectivity index (χ1v) is 6.00. The summed E-state index contributed by atoms with van der Waals surface area (Å²) in [4.78, 5) is 2.72. The maximum atomic E-state index is 11.4. The fourth-order valence-electron chi connectivity index (χ4n) is 0.917. The first-order valence-electron chi connectivity index (χ1n) is 4.88. The van der Waals surface area contributed by atoms with E-state index in [2.05, 4.69) is 57.2 Å². The van der Waals surface area contributed by atoms with E-state index in [0.717, 1.165) is 12.4 Å². The molecule has 1 rings (SSSR count). The summed E-state index contributed by atoms with van der Waals surface area (Å²) in [5, 5.41) is 3.10. The van der Waals surface area contributed by atoms with E-state index >= 15 is 0 Å². The molecule has 0 atom stereocenters. The lowest BCUT2D eigenvalue weighted by Crippen LogP contribution is -2.19. The molecule has 1 aromatic carbocycles. The Hall–Kier alpha value is -1.24. The second kappa shape index (κ2) is 7.97. The number of amidine groups is 1. The summed E-state index contributed by atoms with van der Waals surface area (Å²) < 4.78 is 34.1. The zero-order valence-electron chi connectivity index (χ0n) is 9.92. The van der Waals surface area contributed by atoms with Gasteiger partial charge in [0.25, 0.3) is 5.84 Å². The second-order valence-electron chi connectivity index (χ2n) is 3.28. The highest BCUT2D eigenvalue weighted by Crippen LogP contribution is 2.17. The molecule has 0 saturated heterocycles. The van der Waals surface area contributed by atoms with Crippen LogP contribution < -0.4 is 0 Å². The van der Waals surface area contributed by atoms with Gasteiger partial charge >= 0.3 is 6.18 Å². The van der Waals surface area contributed by atoms with Gasteiger partial charge in [-0.25, -0.2) is 5.53 Å². The normalized spacial score (nSPS) is 11.6. The topological polar surface area (TPSA) is 48.6 Å². The van der Waals surface area contributed by atoms with Crippen LogP contribution in [0.15, 0.2) is 34.4 Å². The Bertz CT molecular complexity index is 399. The van der Waals surface area contributed by atoms with Gasteiger partial charge in [-0.1, -0.05) is 45.8 Å². The summed E-state index contributed by atoms with van der Waals surface area (Å²) in [5.41, 5.74) is 8.64. The van der Waals surface area contributed by atoms with Crippen molar-refractivity contribution in [1.29, 1.82) is 5.53 Å². The molecule has 18 heavy (non-hydrogen) atoms. The van der Waals surface area contributed by atoms with Crippen LogP contribution in [-0.4, -0.2) is 19.1 Å². The molecule has 7 heteroatoms. The molecule has 0 aliphatic heterocycles. The Kier molecular flexibility index (Phi) is 7.42. The number of hydrogen-bond donors (Lipinski definition) is 1. The molecule has 3 nitrogen and oxygen atoms in total. The van der Waals surface area contributed by atoms with Gasteiger partial charge in [0.05, 0.1) is 0 Å². The molecule has 1 aromatic rings. The molecule has 0 aliphatic rings. The van der Waals surface area contributed by atoms with Crippen molar-refractivity contribution < 1.29 is 13.2 Å². The minimum atomic E-state index is -4.59. The lowest BCUT2D eigenvalue weighted by atomic mass is 10.2. The standard InChI is InChI=1S/C8H9Br.C3H4F3N3/c1-7-2-4-8(6-9)5-3-7;1-8-2(9-7)3(4,5)6/h2-5H,6H2,1H3;7H,1H3. The van der Waals surface area contributed by atoms with Crippen molar-refractivity contribution in [3.8, 4) is 0 Å². The minimum absolute atomic E-state index is 0.931. The molecule has 0 fully saturated rings. The summed E-state index contributed by atoms with van der Waals surface area (Å²) in [6.45, 7) is 2.10. The van der Waals surface area contributed by atoms with Crippen molar-refractivity contribution in [3.63, 3.8) is 0 Å². The average Bonchev–Trinajstić information content (AvgIpc) is 2.30. The maximum absolute atomic E-state index is 11.4. The van der Waals surface area contributed by atoms with Crippen molar-refractivity contribution in [2.24, 2.45) is 10.1 Å². The second-order valence-corrected chi connectivity index (χ2v) is 3.84. The minimum Gasteiger partial charge on any atom is -0.264 e. The van der Waals surface area contributed by atoms with Crippen LogP contribution in [0.3, 0.4) is 0 Å². The number of aryl methyl sites for hydroxylation is 1. The molecule has 0 aromatic heterocycles. The van der Waals surface area contributed by atoms with Gasteiger partial charge in [-0.2, -0.15) is 13.2 Å². The van der Waals surface area contributed by atoms with Gasteiger partial charge in [0.1, 0.15) is 0 Å². The van der Waals surface area contributed by atoms with Gasteiger partial charge in [0, 0.05) is 12.4 Å². The first kappa shape index (κ1) is 16.8. The fourth-order valence-corrected chi connectivity index (χ4v) is 1.29. The molecule has 0 bridgehead atoms. The number of hydrogen-bond acceptors (Lipinski definition) is 2. The van der Waals surface area contributed by atoms with Crippen LogP contribution in [0.2, 0.25) is 0 Å². The molecule has 0 unspecified atom stereocenters. The molecule has 100 valence electrons. The van der Waals surface area contributed by atoms with Crippen LogP contribution in [0.5, 0.6) is 0 Å². The van der Waals surface area contributed by atoms with Gasteiger partial charge in [-0.05, 0) is 12.5 Å². The summed E-state index contributed by atoms with van der Waals surface area (Å²) in [5.74, 6) is -1.41. The van der Waals surface area contributed by atoms with E-state index in [0.29, 0.717) is 0 Å². The molecule has 0 saturated carbocycles. The Labute approximate surface area is 112 Å². The predicted octanol–water partition coefficient (Wildman–Crippen LogP) is 4.50. The Morgan fingerprint density at radius 1 is 1.28 bits per heavy atom. The quantitative estimate of drug-likeness (QED) is 0.342. The predicted molar refractivity (Wildman–Crippen MR) is 68.4 cm³/mol. The molecule has 0 amide bonds. The lowest BCUT2D eigenvalue weighted by molar-refractivity contribution is -0.0602. The maximum Gasteiger partial charge on any atom is 0.453 e.